The zero-order valence-electron chi connectivity index (χ0n) is 5.77. The monoisotopic (exact) mass is 146 g/mol. The van der Waals surface area contributed by atoms with E-state index in [0.717, 1.165) is 5.71 Å². The van der Waals surface area contributed by atoms with E-state index in [9.17, 15) is 4.79 Å². The van der Waals surface area contributed by atoms with Gasteiger partial charge in [-0.25, -0.2) is 4.99 Å². The highest BCUT2D eigenvalue weighted by molar-refractivity contribution is 6.36. The zero-order valence-corrected chi connectivity index (χ0v) is 5.77. The van der Waals surface area contributed by atoms with Crippen LogP contribution in [0, 0.1) is 5.92 Å². The second kappa shape index (κ2) is 2.27. The number of nitrogens with zero attached hydrogens (tertiary/aromatic N) is 2. The van der Waals surface area contributed by atoms with Gasteiger partial charge in [-0.3, -0.25) is 9.79 Å². The van der Waals surface area contributed by atoms with Crippen molar-refractivity contribution in [3.05, 3.63) is 24.4 Å². The molecule has 1 amide bonds. The Morgan fingerprint density at radius 3 is 3.18 bits per heavy atom. The van der Waals surface area contributed by atoms with Crippen molar-refractivity contribution in [2.24, 2.45) is 15.9 Å². The quantitative estimate of drug-likeness (QED) is 0.497. The van der Waals surface area contributed by atoms with Crippen LogP contribution in [0.2, 0.25) is 0 Å². The number of dihydropyridines is 1. The molecule has 3 heteroatoms. The van der Waals surface area contributed by atoms with Gasteiger partial charge in [0.15, 0.2) is 0 Å². The van der Waals surface area contributed by atoms with Crippen LogP contribution in [0.25, 0.3) is 0 Å². The molecule has 2 aliphatic heterocycles. The highest BCUT2D eigenvalue weighted by atomic mass is 16.1. The minimum Gasteiger partial charge on any atom is -0.267 e. The standard InChI is InChI=1S/C8H6N2O/c11-8-2-1-6-3-4-9-5-7(6)10-8/h1-6H. The number of carbonyl (C=O) groups excluding carboxylic acids is 1. The van der Waals surface area contributed by atoms with Gasteiger partial charge >= 0.3 is 0 Å². The molecule has 1 unspecified atom stereocenters. The maximum Gasteiger partial charge on any atom is 0.269 e. The van der Waals surface area contributed by atoms with Crippen molar-refractivity contribution in [2.75, 3.05) is 0 Å². The number of rotatable bonds is 0. The van der Waals surface area contributed by atoms with Gasteiger partial charge in [-0.05, 0) is 0 Å². The smallest absolute Gasteiger partial charge is 0.267 e. The Morgan fingerprint density at radius 2 is 2.27 bits per heavy atom. The van der Waals surface area contributed by atoms with Crippen LogP contribution < -0.4 is 0 Å². The van der Waals surface area contributed by atoms with E-state index in [1.807, 2.05) is 12.2 Å². The summed E-state index contributed by atoms with van der Waals surface area (Å²) in [6.07, 6.45) is 8.54. The van der Waals surface area contributed by atoms with Crippen molar-refractivity contribution in [3.8, 4) is 0 Å². The average Bonchev–Trinajstić information content (AvgIpc) is 2.04. The fourth-order valence-electron chi connectivity index (χ4n) is 1.06. The SMILES string of the molecule is O=C1C=CC2C=CN=CC2=N1. The fraction of sp³-hybridized carbons (Fsp3) is 0.125. The molecule has 0 spiro atoms. The van der Waals surface area contributed by atoms with Crippen molar-refractivity contribution in [2.45, 2.75) is 0 Å². The maximum absolute atomic E-state index is 10.8. The molecule has 0 N–H and O–H groups in total. The van der Waals surface area contributed by atoms with Gasteiger partial charge in [0.1, 0.15) is 0 Å². The molecule has 0 aliphatic carbocycles. The van der Waals surface area contributed by atoms with Gasteiger partial charge in [0, 0.05) is 24.4 Å². The van der Waals surface area contributed by atoms with Crippen LogP contribution in [0.5, 0.6) is 0 Å². The molecule has 54 valence electrons. The summed E-state index contributed by atoms with van der Waals surface area (Å²) in [4.78, 5) is 18.4. The third kappa shape index (κ3) is 1.05. The molecule has 2 rings (SSSR count). The number of aliphatic imine (C=N–C) groups is 2. The van der Waals surface area contributed by atoms with E-state index in [1.165, 1.54) is 6.08 Å². The van der Waals surface area contributed by atoms with E-state index in [1.54, 1.807) is 12.4 Å². The van der Waals surface area contributed by atoms with Crippen LogP contribution in [-0.4, -0.2) is 17.8 Å². The van der Waals surface area contributed by atoms with Gasteiger partial charge in [-0.1, -0.05) is 12.2 Å². The van der Waals surface area contributed by atoms with Gasteiger partial charge in [0.25, 0.3) is 5.91 Å². The van der Waals surface area contributed by atoms with Crippen LogP contribution in [0.15, 0.2) is 34.4 Å². The Labute approximate surface area is 63.9 Å². The lowest BCUT2D eigenvalue weighted by molar-refractivity contribution is -0.113. The molecule has 11 heavy (non-hydrogen) atoms. The largest absolute Gasteiger partial charge is 0.269 e. The summed E-state index contributed by atoms with van der Waals surface area (Å²) in [5.74, 6) is -0.0387. The molecule has 0 radical (unpaired) electrons. The summed E-state index contributed by atoms with van der Waals surface area (Å²) in [5, 5.41) is 0. The highest BCUT2D eigenvalue weighted by Crippen LogP contribution is 2.12. The molecule has 0 aromatic carbocycles. The Kier molecular flexibility index (Phi) is 1.28. The van der Waals surface area contributed by atoms with E-state index < -0.39 is 0 Å². The second-order valence-electron chi connectivity index (χ2n) is 2.38. The second-order valence-corrected chi connectivity index (χ2v) is 2.38. The Morgan fingerprint density at radius 1 is 1.36 bits per heavy atom. The minimum atomic E-state index is -0.196. The molecule has 0 aromatic rings. The van der Waals surface area contributed by atoms with Crippen LogP contribution in [0.3, 0.4) is 0 Å². The van der Waals surface area contributed by atoms with Crippen LogP contribution in [0.1, 0.15) is 0 Å². The minimum absolute atomic E-state index is 0.158. The summed E-state index contributed by atoms with van der Waals surface area (Å²) in [5.41, 5.74) is 0.736. The molecule has 3 nitrogen and oxygen atoms in total. The first-order chi connectivity index (χ1) is 5.36. The summed E-state index contributed by atoms with van der Waals surface area (Å²) >= 11 is 0. The summed E-state index contributed by atoms with van der Waals surface area (Å²) in [6.45, 7) is 0. The lowest BCUT2D eigenvalue weighted by Gasteiger charge is -2.12. The number of fused-ring (bicyclic) bond motifs is 1. The Bertz CT molecular complexity index is 310. The van der Waals surface area contributed by atoms with E-state index in [0.29, 0.717) is 0 Å². The molecule has 0 aromatic heterocycles. The predicted molar refractivity (Wildman–Crippen MR) is 42.7 cm³/mol. The molecule has 2 aliphatic rings. The average molecular weight is 146 g/mol. The van der Waals surface area contributed by atoms with Gasteiger partial charge in [-0.2, -0.15) is 0 Å². The molecule has 0 bridgehead atoms. The molecule has 0 saturated carbocycles. The molecular weight excluding hydrogens is 140 g/mol. The summed E-state index contributed by atoms with van der Waals surface area (Å²) < 4.78 is 0. The number of amides is 1. The lowest BCUT2D eigenvalue weighted by Crippen LogP contribution is -2.19. The van der Waals surface area contributed by atoms with Crippen LogP contribution in [0.4, 0.5) is 0 Å². The molecule has 2 heterocycles. The first-order valence-electron chi connectivity index (χ1n) is 3.37. The van der Waals surface area contributed by atoms with Crippen LogP contribution >= 0.6 is 0 Å². The Hall–Kier alpha value is -1.51. The van der Waals surface area contributed by atoms with Crippen LogP contribution in [-0.2, 0) is 4.79 Å². The first kappa shape index (κ1) is 6.22. The normalized spacial score (nSPS) is 26.7. The van der Waals surface area contributed by atoms with Crippen molar-refractivity contribution in [1.29, 1.82) is 0 Å². The van der Waals surface area contributed by atoms with E-state index in [2.05, 4.69) is 9.98 Å². The van der Waals surface area contributed by atoms with Gasteiger partial charge in [0.05, 0.1) is 5.71 Å². The molecular formula is C8H6N2O. The topological polar surface area (TPSA) is 41.8 Å². The zero-order chi connectivity index (χ0) is 7.68. The van der Waals surface area contributed by atoms with Gasteiger partial charge in [-0.15, -0.1) is 0 Å². The maximum atomic E-state index is 10.8. The number of hydrogen-bond acceptors (Lipinski definition) is 2. The van der Waals surface area contributed by atoms with Crippen molar-refractivity contribution in [1.82, 2.24) is 0 Å². The van der Waals surface area contributed by atoms with Crippen molar-refractivity contribution in [3.63, 3.8) is 0 Å². The van der Waals surface area contributed by atoms with E-state index >= 15 is 0 Å². The van der Waals surface area contributed by atoms with Crippen molar-refractivity contribution < 1.29 is 4.79 Å². The van der Waals surface area contributed by atoms with E-state index in [4.69, 9.17) is 0 Å². The predicted octanol–water partition coefficient (Wildman–Crippen LogP) is 0.738. The highest BCUT2D eigenvalue weighted by Gasteiger charge is 2.15. The summed E-state index contributed by atoms with van der Waals surface area (Å²) in [7, 11) is 0. The van der Waals surface area contributed by atoms with E-state index in [-0.39, 0.29) is 11.8 Å². The van der Waals surface area contributed by atoms with Gasteiger partial charge < -0.3 is 0 Å². The summed E-state index contributed by atoms with van der Waals surface area (Å²) in [6, 6.07) is 0. The third-order valence-electron chi connectivity index (χ3n) is 1.61. The number of hydrogen-bond donors (Lipinski definition) is 0. The molecule has 1 atom stereocenters. The van der Waals surface area contributed by atoms with Gasteiger partial charge in [0.2, 0.25) is 0 Å². The molecule has 0 saturated heterocycles. The fourth-order valence-corrected chi connectivity index (χ4v) is 1.06. The third-order valence-corrected chi connectivity index (χ3v) is 1.61. The van der Waals surface area contributed by atoms with Crippen molar-refractivity contribution >= 4 is 17.8 Å². The molecule has 0 fully saturated rings. The first-order valence-corrected chi connectivity index (χ1v) is 3.37. The Balaban J connectivity index is 2.39. The lowest BCUT2D eigenvalue weighted by atomic mass is 10.00. The number of carbonyl (C=O) groups is 1. The number of allylic oxidation sites excluding steroid dienone is 2.